The molecule has 0 bridgehead atoms. The number of hydrogen-bond donors (Lipinski definition) is 1. The third kappa shape index (κ3) is 4.13. The minimum atomic E-state index is 0.00227. The van der Waals surface area contributed by atoms with Gasteiger partial charge in [-0.2, -0.15) is 0 Å². The number of hydrogen-bond acceptors (Lipinski definition) is 4. The summed E-state index contributed by atoms with van der Waals surface area (Å²) in [5, 5.41) is 7.92. The topological polar surface area (TPSA) is 77.0 Å². The summed E-state index contributed by atoms with van der Waals surface area (Å²) in [7, 11) is 1.80. The highest BCUT2D eigenvalue weighted by atomic mass is 16.2. The van der Waals surface area contributed by atoms with Crippen LogP contribution in [-0.2, 0) is 24.3 Å². The van der Waals surface area contributed by atoms with E-state index in [4.69, 9.17) is 5.73 Å². The lowest BCUT2D eigenvalue weighted by Gasteiger charge is -2.18. The van der Waals surface area contributed by atoms with Crippen LogP contribution >= 0.6 is 0 Å². The second kappa shape index (κ2) is 6.99. The van der Waals surface area contributed by atoms with Gasteiger partial charge in [-0.05, 0) is 24.6 Å². The molecule has 1 aromatic carbocycles. The Kier molecular flexibility index (Phi) is 5.05. The predicted molar refractivity (Wildman–Crippen MR) is 80.4 cm³/mol. The normalized spacial score (nSPS) is 10.6. The molecule has 112 valence electrons. The molecule has 2 aromatic rings. The minimum Gasteiger partial charge on any atom is -0.340 e. The van der Waals surface area contributed by atoms with Crippen LogP contribution < -0.4 is 5.73 Å². The highest BCUT2D eigenvalue weighted by molar-refractivity contribution is 5.75. The molecule has 0 saturated carbocycles. The van der Waals surface area contributed by atoms with E-state index in [-0.39, 0.29) is 12.5 Å². The fourth-order valence-corrected chi connectivity index (χ4v) is 2.07. The molecule has 0 spiro atoms. The van der Waals surface area contributed by atoms with Crippen LogP contribution in [0.2, 0.25) is 0 Å². The molecular formula is C15H21N5O. The maximum Gasteiger partial charge on any atom is 0.244 e. The molecule has 0 atom stereocenters. The number of benzene rings is 1. The van der Waals surface area contributed by atoms with Gasteiger partial charge in [0.25, 0.3) is 0 Å². The van der Waals surface area contributed by atoms with Crippen molar-refractivity contribution in [3.05, 3.63) is 47.3 Å². The summed E-state index contributed by atoms with van der Waals surface area (Å²) in [5.41, 5.74) is 8.61. The van der Waals surface area contributed by atoms with E-state index in [0.717, 1.165) is 11.3 Å². The number of carbonyl (C=O) groups is 1. The zero-order chi connectivity index (χ0) is 15.2. The minimum absolute atomic E-state index is 0.00227. The zero-order valence-electron chi connectivity index (χ0n) is 12.5. The molecule has 21 heavy (non-hydrogen) atoms. The van der Waals surface area contributed by atoms with Gasteiger partial charge in [0.05, 0.1) is 5.69 Å². The Morgan fingerprint density at radius 3 is 2.86 bits per heavy atom. The summed E-state index contributed by atoms with van der Waals surface area (Å²) in [4.78, 5) is 13.9. The second-order valence-electron chi connectivity index (χ2n) is 5.12. The van der Waals surface area contributed by atoms with E-state index >= 15 is 0 Å². The van der Waals surface area contributed by atoms with Gasteiger partial charge in [0, 0.05) is 26.2 Å². The van der Waals surface area contributed by atoms with Gasteiger partial charge in [-0.25, -0.2) is 4.68 Å². The fourth-order valence-electron chi connectivity index (χ4n) is 2.07. The highest BCUT2D eigenvalue weighted by Crippen LogP contribution is 2.09. The van der Waals surface area contributed by atoms with Crippen LogP contribution in [0.5, 0.6) is 0 Å². The maximum atomic E-state index is 12.2. The smallest absolute Gasteiger partial charge is 0.244 e. The first-order valence-corrected chi connectivity index (χ1v) is 6.97. The van der Waals surface area contributed by atoms with Crippen LogP contribution in [0.25, 0.3) is 0 Å². The van der Waals surface area contributed by atoms with Gasteiger partial charge in [-0.3, -0.25) is 4.79 Å². The van der Waals surface area contributed by atoms with Crippen LogP contribution in [0.1, 0.15) is 16.8 Å². The van der Waals surface area contributed by atoms with E-state index in [1.807, 2.05) is 31.2 Å². The average molecular weight is 287 g/mol. The highest BCUT2D eigenvalue weighted by Gasteiger charge is 2.12. The molecule has 0 radical (unpaired) electrons. The Hall–Kier alpha value is -2.21. The van der Waals surface area contributed by atoms with E-state index in [9.17, 15) is 4.79 Å². The fraction of sp³-hybridized carbons (Fsp3) is 0.400. The predicted octanol–water partition coefficient (Wildman–Crippen LogP) is 0.746. The molecule has 6 heteroatoms. The van der Waals surface area contributed by atoms with Gasteiger partial charge in [-0.15, -0.1) is 5.10 Å². The maximum absolute atomic E-state index is 12.2. The molecule has 2 rings (SSSR count). The van der Waals surface area contributed by atoms with Crippen LogP contribution in [0.15, 0.2) is 30.5 Å². The number of nitrogens with two attached hydrogens (primary N) is 1. The summed E-state index contributed by atoms with van der Waals surface area (Å²) in [6.45, 7) is 3.36. The molecule has 1 heterocycles. The van der Waals surface area contributed by atoms with Gasteiger partial charge in [0.2, 0.25) is 5.91 Å². The third-order valence-corrected chi connectivity index (χ3v) is 3.38. The van der Waals surface area contributed by atoms with Gasteiger partial charge in [0.1, 0.15) is 6.54 Å². The average Bonchev–Trinajstić information content (AvgIpc) is 2.89. The Morgan fingerprint density at radius 2 is 2.14 bits per heavy atom. The van der Waals surface area contributed by atoms with Crippen molar-refractivity contribution in [2.45, 2.75) is 26.4 Å². The number of likely N-dealkylation sites (N-methyl/N-ethyl adjacent to an activating group) is 1. The zero-order valence-corrected chi connectivity index (χ0v) is 12.5. The van der Waals surface area contributed by atoms with Crippen LogP contribution in [0.4, 0.5) is 0 Å². The third-order valence-electron chi connectivity index (χ3n) is 3.38. The largest absolute Gasteiger partial charge is 0.340 e. The Labute approximate surface area is 124 Å². The van der Waals surface area contributed by atoms with Crippen molar-refractivity contribution in [2.75, 3.05) is 13.6 Å². The molecule has 1 amide bonds. The Morgan fingerprint density at radius 1 is 1.38 bits per heavy atom. The van der Waals surface area contributed by atoms with Crippen molar-refractivity contribution in [2.24, 2.45) is 5.73 Å². The number of rotatable bonds is 6. The monoisotopic (exact) mass is 287 g/mol. The lowest BCUT2D eigenvalue weighted by atomic mass is 10.1. The number of amides is 1. The van der Waals surface area contributed by atoms with E-state index in [1.165, 1.54) is 5.56 Å². The van der Waals surface area contributed by atoms with Gasteiger partial charge in [0.15, 0.2) is 0 Å². The van der Waals surface area contributed by atoms with Gasteiger partial charge >= 0.3 is 0 Å². The van der Waals surface area contributed by atoms with E-state index in [0.29, 0.717) is 19.5 Å². The number of aromatic nitrogens is 3. The molecular weight excluding hydrogens is 266 g/mol. The summed E-state index contributed by atoms with van der Waals surface area (Å²) in [6.07, 6.45) is 2.44. The summed E-state index contributed by atoms with van der Waals surface area (Å²) in [5.74, 6) is 0.00227. The van der Waals surface area contributed by atoms with Crippen molar-refractivity contribution < 1.29 is 4.79 Å². The van der Waals surface area contributed by atoms with Crippen LogP contribution in [0.3, 0.4) is 0 Å². The first-order valence-electron chi connectivity index (χ1n) is 6.97. The van der Waals surface area contributed by atoms with Crippen molar-refractivity contribution in [1.29, 1.82) is 0 Å². The molecule has 0 aliphatic heterocycles. The molecule has 0 fully saturated rings. The molecule has 0 unspecified atom stereocenters. The summed E-state index contributed by atoms with van der Waals surface area (Å²) < 4.78 is 1.56. The second-order valence-corrected chi connectivity index (χ2v) is 5.12. The van der Waals surface area contributed by atoms with E-state index in [2.05, 4.69) is 10.3 Å². The van der Waals surface area contributed by atoms with Crippen molar-refractivity contribution >= 4 is 5.91 Å². The number of carbonyl (C=O) groups excluding carboxylic acids is 1. The molecule has 6 nitrogen and oxygen atoms in total. The summed E-state index contributed by atoms with van der Waals surface area (Å²) in [6, 6.07) is 8.06. The SMILES string of the molecule is Cc1ccccc1CN(C)C(=O)Cn1cc(CCN)nn1. The first kappa shape index (κ1) is 15.2. The van der Waals surface area contributed by atoms with Crippen LogP contribution in [-0.4, -0.2) is 39.4 Å². The van der Waals surface area contributed by atoms with Crippen molar-refractivity contribution in [3.8, 4) is 0 Å². The standard InChI is InChI=1S/C15H21N5O/c1-12-5-3-4-6-13(12)9-19(2)15(21)11-20-10-14(7-8-16)17-18-20/h3-6,10H,7-9,11,16H2,1-2H3. The molecule has 1 aromatic heterocycles. The van der Waals surface area contributed by atoms with Crippen LogP contribution in [0, 0.1) is 6.92 Å². The van der Waals surface area contributed by atoms with Gasteiger partial charge in [-0.1, -0.05) is 29.5 Å². The molecule has 2 N–H and O–H groups in total. The van der Waals surface area contributed by atoms with E-state index < -0.39 is 0 Å². The van der Waals surface area contributed by atoms with Crippen molar-refractivity contribution in [1.82, 2.24) is 19.9 Å². The lowest BCUT2D eigenvalue weighted by Crippen LogP contribution is -2.30. The Bertz CT molecular complexity index is 608. The lowest BCUT2D eigenvalue weighted by molar-refractivity contribution is -0.131. The molecule has 0 saturated heterocycles. The Balaban J connectivity index is 1.94. The number of aryl methyl sites for hydroxylation is 1. The van der Waals surface area contributed by atoms with Gasteiger partial charge < -0.3 is 10.6 Å². The molecule has 0 aliphatic carbocycles. The quantitative estimate of drug-likeness (QED) is 0.850. The van der Waals surface area contributed by atoms with E-state index in [1.54, 1.807) is 22.8 Å². The number of nitrogens with zero attached hydrogens (tertiary/aromatic N) is 4. The van der Waals surface area contributed by atoms with Crippen molar-refractivity contribution in [3.63, 3.8) is 0 Å². The molecule has 0 aliphatic rings. The first-order chi connectivity index (χ1) is 10.1. The summed E-state index contributed by atoms with van der Waals surface area (Å²) >= 11 is 0.